The van der Waals surface area contributed by atoms with Crippen LogP contribution in [0.2, 0.25) is 0 Å². The van der Waals surface area contributed by atoms with Crippen molar-refractivity contribution in [2.75, 3.05) is 6.61 Å². The summed E-state index contributed by atoms with van der Waals surface area (Å²) in [6.07, 6.45) is 0. The molecule has 0 unspecified atom stereocenters. The predicted molar refractivity (Wildman–Crippen MR) is 109 cm³/mol. The maximum Gasteiger partial charge on any atom is 0.340 e. The standard InChI is InChI=1S/C17H12Br4O4/c1-2-24-16(22)10-11(13(19)15(21)14(20)12(10)18)17(23)25-8-9-6-4-3-5-7-9/h3-7H,2,8H2,1H3. The third-order valence-electron chi connectivity index (χ3n) is 3.16. The molecule has 4 nitrogen and oxygen atoms in total. The van der Waals surface area contributed by atoms with E-state index in [1.54, 1.807) is 6.92 Å². The maximum absolute atomic E-state index is 12.7. The van der Waals surface area contributed by atoms with Crippen LogP contribution >= 0.6 is 63.7 Å². The number of benzene rings is 2. The summed E-state index contributed by atoms with van der Waals surface area (Å²) in [7, 11) is 0. The van der Waals surface area contributed by atoms with Crippen LogP contribution in [0.25, 0.3) is 0 Å². The number of esters is 2. The molecule has 132 valence electrons. The molecular weight excluding hydrogens is 588 g/mol. The molecule has 0 radical (unpaired) electrons. The Balaban J connectivity index is 2.44. The molecule has 0 spiro atoms. The zero-order valence-electron chi connectivity index (χ0n) is 12.9. The summed E-state index contributed by atoms with van der Waals surface area (Å²) in [5.74, 6) is -1.25. The summed E-state index contributed by atoms with van der Waals surface area (Å²) in [6.45, 7) is 1.98. The summed E-state index contributed by atoms with van der Waals surface area (Å²) < 4.78 is 12.4. The van der Waals surface area contributed by atoms with Gasteiger partial charge in [0.25, 0.3) is 0 Å². The Morgan fingerprint density at radius 1 is 0.800 bits per heavy atom. The summed E-state index contributed by atoms with van der Waals surface area (Å²) >= 11 is 13.5. The van der Waals surface area contributed by atoms with Gasteiger partial charge in [-0.05, 0) is 76.2 Å². The van der Waals surface area contributed by atoms with Gasteiger partial charge in [-0.2, -0.15) is 0 Å². The smallest absolute Gasteiger partial charge is 0.340 e. The van der Waals surface area contributed by atoms with E-state index in [4.69, 9.17) is 9.47 Å². The highest BCUT2D eigenvalue weighted by molar-refractivity contribution is 9.15. The van der Waals surface area contributed by atoms with E-state index in [2.05, 4.69) is 63.7 Å². The molecule has 2 rings (SSSR count). The van der Waals surface area contributed by atoms with E-state index < -0.39 is 11.9 Å². The number of rotatable bonds is 5. The van der Waals surface area contributed by atoms with Gasteiger partial charge in [-0.3, -0.25) is 0 Å². The number of hydrogen-bond donors (Lipinski definition) is 0. The van der Waals surface area contributed by atoms with Crippen LogP contribution in [0.3, 0.4) is 0 Å². The molecule has 0 aliphatic carbocycles. The topological polar surface area (TPSA) is 52.6 Å². The zero-order valence-corrected chi connectivity index (χ0v) is 19.3. The van der Waals surface area contributed by atoms with Gasteiger partial charge in [0.2, 0.25) is 0 Å². The quantitative estimate of drug-likeness (QED) is 0.231. The molecule has 0 N–H and O–H groups in total. The van der Waals surface area contributed by atoms with Crippen molar-refractivity contribution in [3.05, 3.63) is 64.9 Å². The first-order valence-electron chi connectivity index (χ1n) is 7.12. The summed E-state index contributed by atoms with van der Waals surface area (Å²) in [4.78, 5) is 25.0. The minimum atomic E-state index is -0.632. The van der Waals surface area contributed by atoms with E-state index in [9.17, 15) is 9.59 Å². The van der Waals surface area contributed by atoms with Crippen molar-refractivity contribution < 1.29 is 19.1 Å². The highest BCUT2D eigenvalue weighted by Crippen LogP contribution is 2.42. The fourth-order valence-corrected chi connectivity index (χ4v) is 4.46. The highest BCUT2D eigenvalue weighted by atomic mass is 79.9. The summed E-state index contributed by atoms with van der Waals surface area (Å²) in [5.41, 5.74) is 1.04. The Labute approximate surface area is 178 Å². The van der Waals surface area contributed by atoms with Crippen molar-refractivity contribution in [3.8, 4) is 0 Å². The van der Waals surface area contributed by atoms with E-state index in [1.165, 1.54) is 0 Å². The Kier molecular flexibility index (Phi) is 7.67. The fraction of sp³-hybridized carbons (Fsp3) is 0.176. The number of carbonyl (C=O) groups excluding carboxylic acids is 2. The third kappa shape index (κ3) is 4.72. The number of hydrogen-bond acceptors (Lipinski definition) is 4. The Morgan fingerprint density at radius 3 is 1.76 bits per heavy atom. The molecule has 2 aromatic rings. The van der Waals surface area contributed by atoms with E-state index >= 15 is 0 Å². The molecule has 0 heterocycles. The molecule has 0 atom stereocenters. The lowest BCUT2D eigenvalue weighted by atomic mass is 10.1. The lowest BCUT2D eigenvalue weighted by Gasteiger charge is -2.15. The average Bonchev–Trinajstić information content (AvgIpc) is 2.61. The molecule has 0 bridgehead atoms. The Hall–Kier alpha value is -0.700. The van der Waals surface area contributed by atoms with Gasteiger partial charge in [0.05, 0.1) is 17.7 Å². The molecule has 0 fully saturated rings. The first-order valence-corrected chi connectivity index (χ1v) is 10.3. The molecule has 0 aliphatic heterocycles. The minimum absolute atomic E-state index is 0.0938. The first-order chi connectivity index (χ1) is 11.9. The maximum atomic E-state index is 12.7. The normalized spacial score (nSPS) is 10.4. The Bertz CT molecular complexity index is 806. The van der Waals surface area contributed by atoms with Crippen molar-refractivity contribution in [1.29, 1.82) is 0 Å². The van der Waals surface area contributed by atoms with E-state index in [0.29, 0.717) is 17.9 Å². The van der Waals surface area contributed by atoms with Crippen LogP contribution in [-0.2, 0) is 16.1 Å². The van der Waals surface area contributed by atoms with Crippen LogP contribution in [0.15, 0.2) is 48.2 Å². The van der Waals surface area contributed by atoms with E-state index in [-0.39, 0.29) is 24.3 Å². The van der Waals surface area contributed by atoms with Crippen LogP contribution < -0.4 is 0 Å². The largest absolute Gasteiger partial charge is 0.462 e. The van der Waals surface area contributed by atoms with Gasteiger partial charge < -0.3 is 9.47 Å². The van der Waals surface area contributed by atoms with Gasteiger partial charge in [0, 0.05) is 17.9 Å². The van der Waals surface area contributed by atoms with Gasteiger partial charge in [-0.15, -0.1) is 0 Å². The molecule has 0 amide bonds. The van der Waals surface area contributed by atoms with Gasteiger partial charge in [0.1, 0.15) is 6.61 Å². The van der Waals surface area contributed by atoms with Crippen molar-refractivity contribution in [2.45, 2.75) is 13.5 Å². The second-order valence-corrected chi connectivity index (χ2v) is 7.96. The van der Waals surface area contributed by atoms with Gasteiger partial charge in [-0.1, -0.05) is 30.3 Å². The number of carbonyl (C=O) groups is 2. The SMILES string of the molecule is CCOC(=O)c1c(Br)c(Br)c(Br)c(Br)c1C(=O)OCc1ccccc1. The number of halogens is 4. The van der Waals surface area contributed by atoms with Crippen LogP contribution in [0.4, 0.5) is 0 Å². The molecule has 25 heavy (non-hydrogen) atoms. The van der Waals surface area contributed by atoms with Crippen LogP contribution in [0, 0.1) is 0 Å². The minimum Gasteiger partial charge on any atom is -0.462 e. The number of ether oxygens (including phenoxy) is 2. The third-order valence-corrected chi connectivity index (χ3v) is 7.93. The molecular formula is C17H12Br4O4. The molecule has 2 aromatic carbocycles. The second-order valence-electron chi connectivity index (χ2n) is 4.79. The fourth-order valence-electron chi connectivity index (χ4n) is 2.01. The van der Waals surface area contributed by atoms with Gasteiger partial charge in [-0.25, -0.2) is 9.59 Å². The van der Waals surface area contributed by atoms with Gasteiger partial charge in [0.15, 0.2) is 0 Å². The van der Waals surface area contributed by atoms with Crippen molar-refractivity contribution in [2.24, 2.45) is 0 Å². The van der Waals surface area contributed by atoms with Gasteiger partial charge >= 0.3 is 11.9 Å². The van der Waals surface area contributed by atoms with E-state index in [0.717, 1.165) is 5.56 Å². The molecule has 0 aromatic heterocycles. The lowest BCUT2D eigenvalue weighted by Crippen LogP contribution is -2.16. The lowest BCUT2D eigenvalue weighted by molar-refractivity contribution is 0.0443. The van der Waals surface area contributed by atoms with Crippen LogP contribution in [-0.4, -0.2) is 18.5 Å². The summed E-state index contributed by atoms with van der Waals surface area (Å²) in [6, 6.07) is 9.29. The van der Waals surface area contributed by atoms with Crippen molar-refractivity contribution >= 4 is 75.7 Å². The van der Waals surface area contributed by atoms with Crippen LogP contribution in [0.5, 0.6) is 0 Å². The molecule has 0 aliphatic rings. The predicted octanol–water partition coefficient (Wildman–Crippen LogP) is 6.27. The molecule has 0 saturated heterocycles. The molecule has 8 heteroatoms. The zero-order chi connectivity index (χ0) is 18.6. The van der Waals surface area contributed by atoms with E-state index in [1.807, 2.05) is 30.3 Å². The second kappa shape index (κ2) is 9.30. The van der Waals surface area contributed by atoms with Crippen molar-refractivity contribution in [3.63, 3.8) is 0 Å². The summed E-state index contributed by atoms with van der Waals surface area (Å²) in [5, 5.41) is 0. The monoisotopic (exact) mass is 596 g/mol. The van der Waals surface area contributed by atoms with Crippen LogP contribution in [0.1, 0.15) is 33.2 Å². The highest BCUT2D eigenvalue weighted by Gasteiger charge is 2.29. The average molecular weight is 600 g/mol. The molecule has 0 saturated carbocycles. The Morgan fingerprint density at radius 2 is 1.28 bits per heavy atom. The van der Waals surface area contributed by atoms with Crippen molar-refractivity contribution in [1.82, 2.24) is 0 Å². The first kappa shape index (κ1) is 20.6.